The summed E-state index contributed by atoms with van der Waals surface area (Å²) in [6.45, 7) is -0.0270. The zero-order chi connectivity index (χ0) is 12.1. The van der Waals surface area contributed by atoms with E-state index in [2.05, 4.69) is 14.9 Å². The van der Waals surface area contributed by atoms with Crippen LogP contribution in [0.15, 0.2) is 36.5 Å². The number of carbonyl (C=O) groups excluding carboxylic acids is 2. The van der Waals surface area contributed by atoms with E-state index in [9.17, 15) is 9.59 Å². The van der Waals surface area contributed by atoms with Gasteiger partial charge in [-0.05, 0) is 11.5 Å². The number of nitrogens with zero attached hydrogens (tertiary/aromatic N) is 2. The van der Waals surface area contributed by atoms with Gasteiger partial charge in [0, 0.05) is 5.56 Å². The second-order valence-electron chi connectivity index (χ2n) is 3.25. The van der Waals surface area contributed by atoms with E-state index in [0.29, 0.717) is 10.4 Å². The van der Waals surface area contributed by atoms with Crippen molar-refractivity contribution in [2.75, 3.05) is 6.54 Å². The molecular formula is C11H9N3O2S. The van der Waals surface area contributed by atoms with Gasteiger partial charge in [0.05, 0.1) is 12.7 Å². The number of nitrogens with one attached hydrogen (secondary N) is 1. The minimum Gasteiger partial charge on any atom is -0.344 e. The van der Waals surface area contributed by atoms with Gasteiger partial charge >= 0.3 is 0 Å². The average Bonchev–Trinajstić information content (AvgIpc) is 2.90. The quantitative estimate of drug-likeness (QED) is 0.823. The molecule has 6 heteroatoms. The van der Waals surface area contributed by atoms with E-state index in [1.165, 1.54) is 6.20 Å². The van der Waals surface area contributed by atoms with Crippen molar-refractivity contribution < 1.29 is 9.59 Å². The Morgan fingerprint density at radius 1 is 1.24 bits per heavy atom. The normalized spacial score (nSPS) is 9.88. The SMILES string of the molecule is O=C(CNC(=O)c1cnns1)c1ccccc1. The molecule has 1 N–H and O–H groups in total. The summed E-state index contributed by atoms with van der Waals surface area (Å²) in [7, 11) is 0. The van der Waals surface area contributed by atoms with Crippen LogP contribution in [-0.2, 0) is 0 Å². The molecule has 1 aromatic heterocycles. The number of amides is 1. The van der Waals surface area contributed by atoms with Gasteiger partial charge in [0.25, 0.3) is 5.91 Å². The van der Waals surface area contributed by atoms with Crippen molar-refractivity contribution >= 4 is 23.2 Å². The van der Waals surface area contributed by atoms with Gasteiger partial charge in [0.2, 0.25) is 0 Å². The first-order valence-electron chi connectivity index (χ1n) is 4.91. The topological polar surface area (TPSA) is 72.0 Å². The molecule has 0 spiro atoms. The van der Waals surface area contributed by atoms with Crippen molar-refractivity contribution in [2.45, 2.75) is 0 Å². The molecule has 17 heavy (non-hydrogen) atoms. The van der Waals surface area contributed by atoms with E-state index in [1.54, 1.807) is 24.3 Å². The molecule has 0 fully saturated rings. The monoisotopic (exact) mass is 247 g/mol. The van der Waals surface area contributed by atoms with Crippen LogP contribution < -0.4 is 5.32 Å². The molecule has 1 amide bonds. The fourth-order valence-corrected chi connectivity index (χ4v) is 1.67. The van der Waals surface area contributed by atoms with Crippen molar-refractivity contribution in [3.8, 4) is 0 Å². The molecule has 0 aliphatic carbocycles. The lowest BCUT2D eigenvalue weighted by atomic mass is 10.1. The van der Waals surface area contributed by atoms with Gasteiger partial charge < -0.3 is 5.32 Å². The zero-order valence-electron chi connectivity index (χ0n) is 8.79. The maximum atomic E-state index is 11.7. The fourth-order valence-electron chi connectivity index (χ4n) is 1.24. The highest BCUT2D eigenvalue weighted by molar-refractivity contribution is 7.07. The summed E-state index contributed by atoms with van der Waals surface area (Å²) < 4.78 is 3.57. The van der Waals surface area contributed by atoms with Gasteiger partial charge in [-0.1, -0.05) is 34.8 Å². The summed E-state index contributed by atoms with van der Waals surface area (Å²) in [6, 6.07) is 8.81. The molecule has 0 saturated heterocycles. The van der Waals surface area contributed by atoms with Crippen molar-refractivity contribution in [2.24, 2.45) is 0 Å². The molecule has 0 aliphatic heterocycles. The highest BCUT2D eigenvalue weighted by Crippen LogP contribution is 2.02. The molecule has 2 rings (SSSR count). The third kappa shape index (κ3) is 2.94. The van der Waals surface area contributed by atoms with Crippen LogP contribution >= 0.6 is 11.5 Å². The van der Waals surface area contributed by atoms with Crippen LogP contribution in [-0.4, -0.2) is 27.8 Å². The van der Waals surface area contributed by atoms with E-state index in [-0.39, 0.29) is 18.2 Å². The third-order valence-corrected chi connectivity index (χ3v) is 2.75. The van der Waals surface area contributed by atoms with Gasteiger partial charge in [0.15, 0.2) is 5.78 Å². The highest BCUT2D eigenvalue weighted by atomic mass is 32.1. The summed E-state index contributed by atoms with van der Waals surface area (Å²) in [5.74, 6) is -0.458. The molecule has 0 aliphatic rings. The van der Waals surface area contributed by atoms with E-state index in [1.807, 2.05) is 6.07 Å². The molecule has 0 radical (unpaired) electrons. The zero-order valence-corrected chi connectivity index (χ0v) is 9.61. The van der Waals surface area contributed by atoms with Gasteiger partial charge in [-0.2, -0.15) is 0 Å². The lowest BCUT2D eigenvalue weighted by molar-refractivity contribution is 0.0906. The van der Waals surface area contributed by atoms with Crippen LogP contribution in [0.3, 0.4) is 0 Å². The average molecular weight is 247 g/mol. The number of carbonyl (C=O) groups is 2. The number of aromatic nitrogens is 2. The Balaban J connectivity index is 1.91. The molecule has 0 bridgehead atoms. The largest absolute Gasteiger partial charge is 0.344 e. The standard InChI is InChI=1S/C11H9N3O2S/c15-9(8-4-2-1-3-5-8)6-12-11(16)10-7-13-14-17-10/h1-5,7H,6H2,(H,12,16). The molecule has 0 atom stereocenters. The van der Waals surface area contributed by atoms with Crippen LogP contribution in [0.5, 0.6) is 0 Å². The number of Topliss-reactive ketones (excluding diaryl/α,β-unsaturated/α-hetero) is 1. The highest BCUT2D eigenvalue weighted by Gasteiger charge is 2.10. The van der Waals surface area contributed by atoms with E-state index < -0.39 is 0 Å². The van der Waals surface area contributed by atoms with Crippen molar-refractivity contribution in [3.63, 3.8) is 0 Å². The van der Waals surface area contributed by atoms with Crippen LogP contribution in [0.25, 0.3) is 0 Å². The maximum Gasteiger partial charge on any atom is 0.265 e. The molecule has 0 saturated carbocycles. The predicted molar refractivity (Wildman–Crippen MR) is 63.0 cm³/mol. The Hall–Kier alpha value is -2.08. The minimum absolute atomic E-state index is 0.0270. The number of hydrogen-bond acceptors (Lipinski definition) is 5. The van der Waals surface area contributed by atoms with Crippen molar-refractivity contribution in [1.29, 1.82) is 0 Å². The number of ketones is 1. The Morgan fingerprint density at radius 2 is 2.00 bits per heavy atom. The molecule has 5 nitrogen and oxygen atoms in total. The summed E-state index contributed by atoms with van der Waals surface area (Å²) in [6.07, 6.45) is 1.37. The number of benzene rings is 1. The second-order valence-corrected chi connectivity index (χ2v) is 4.04. The van der Waals surface area contributed by atoms with E-state index >= 15 is 0 Å². The molecule has 0 unspecified atom stereocenters. The third-order valence-electron chi connectivity index (χ3n) is 2.09. The van der Waals surface area contributed by atoms with Gasteiger partial charge in [-0.25, -0.2) is 0 Å². The molecule has 86 valence electrons. The first-order chi connectivity index (χ1) is 8.27. The lowest BCUT2D eigenvalue weighted by Gasteiger charge is -2.02. The second kappa shape index (κ2) is 5.31. The van der Waals surface area contributed by atoms with E-state index in [0.717, 1.165) is 11.5 Å². The first kappa shape index (κ1) is 11.4. The van der Waals surface area contributed by atoms with Gasteiger partial charge in [-0.3, -0.25) is 9.59 Å². The Morgan fingerprint density at radius 3 is 2.65 bits per heavy atom. The molecular weight excluding hydrogens is 238 g/mol. The lowest BCUT2D eigenvalue weighted by Crippen LogP contribution is -2.28. The Labute approximate surface area is 102 Å². The maximum absolute atomic E-state index is 11.7. The fraction of sp³-hybridized carbons (Fsp3) is 0.0909. The van der Waals surface area contributed by atoms with Crippen LogP contribution in [0, 0.1) is 0 Å². The minimum atomic E-state index is -0.329. The van der Waals surface area contributed by atoms with Gasteiger partial charge in [0.1, 0.15) is 4.88 Å². The van der Waals surface area contributed by atoms with E-state index in [4.69, 9.17) is 0 Å². The van der Waals surface area contributed by atoms with Crippen molar-refractivity contribution in [1.82, 2.24) is 14.9 Å². The summed E-state index contributed by atoms with van der Waals surface area (Å²) in [4.78, 5) is 23.6. The number of hydrogen-bond donors (Lipinski definition) is 1. The first-order valence-corrected chi connectivity index (χ1v) is 5.68. The molecule has 1 heterocycles. The summed E-state index contributed by atoms with van der Waals surface area (Å²) in [5.41, 5.74) is 0.579. The number of rotatable bonds is 4. The predicted octanol–water partition coefficient (Wildman–Crippen LogP) is 1.15. The Kier molecular flexibility index (Phi) is 3.56. The van der Waals surface area contributed by atoms with Crippen LogP contribution in [0.4, 0.5) is 0 Å². The van der Waals surface area contributed by atoms with Crippen LogP contribution in [0.2, 0.25) is 0 Å². The van der Waals surface area contributed by atoms with Gasteiger partial charge in [-0.15, -0.1) is 5.10 Å². The smallest absolute Gasteiger partial charge is 0.265 e. The summed E-state index contributed by atoms with van der Waals surface area (Å²) in [5, 5.41) is 6.08. The Bertz CT molecular complexity index is 511. The summed E-state index contributed by atoms with van der Waals surface area (Å²) >= 11 is 0.994. The van der Waals surface area contributed by atoms with Crippen molar-refractivity contribution in [3.05, 3.63) is 47.0 Å². The molecule has 2 aromatic rings. The molecule has 1 aromatic carbocycles. The van der Waals surface area contributed by atoms with Crippen LogP contribution in [0.1, 0.15) is 20.0 Å².